The Balaban J connectivity index is 2.16. The Morgan fingerprint density at radius 1 is 1.20 bits per heavy atom. The molecule has 1 aromatic heterocycles. The summed E-state index contributed by atoms with van der Waals surface area (Å²) in [6, 6.07) is 5.44. The van der Waals surface area contributed by atoms with Crippen molar-refractivity contribution in [3.8, 4) is 0 Å². The second-order valence-electron chi connectivity index (χ2n) is 4.46. The van der Waals surface area contributed by atoms with Gasteiger partial charge in [0.1, 0.15) is 6.26 Å². The lowest BCUT2D eigenvalue weighted by molar-refractivity contribution is -0.138. The third-order valence-corrected chi connectivity index (χ3v) is 2.90. The molecule has 1 aromatic carbocycles. The Hall–Kier alpha value is -1.82. The van der Waals surface area contributed by atoms with Crippen molar-refractivity contribution in [1.82, 2.24) is 4.98 Å². The average Bonchev–Trinajstić information content (AvgIpc) is 2.83. The van der Waals surface area contributed by atoms with Crippen LogP contribution in [0.15, 0.2) is 34.9 Å². The monoisotopic (exact) mass is 284 g/mol. The molecule has 2 rings (SSSR count). The molecular formula is C14H15F3N2O. The number of nitrogens with zero attached hydrogens (tertiary/aromatic N) is 1. The molecule has 2 aromatic rings. The Morgan fingerprint density at radius 3 is 2.65 bits per heavy atom. The van der Waals surface area contributed by atoms with Crippen LogP contribution < -0.4 is 5.73 Å². The number of benzene rings is 1. The van der Waals surface area contributed by atoms with E-state index in [-0.39, 0.29) is 17.9 Å². The maximum Gasteiger partial charge on any atom is 0.416 e. The first-order valence-electron chi connectivity index (χ1n) is 6.29. The smallest absolute Gasteiger partial charge is 0.416 e. The van der Waals surface area contributed by atoms with Crippen molar-refractivity contribution in [3.05, 3.63) is 53.2 Å². The van der Waals surface area contributed by atoms with E-state index in [2.05, 4.69) is 4.98 Å². The molecule has 3 nitrogen and oxygen atoms in total. The molecule has 108 valence electrons. The molecule has 0 amide bonds. The predicted octanol–water partition coefficient (Wildman–Crippen LogP) is 3.18. The SMILES string of the molecule is NCCCc1coc(Cc2ccccc2C(F)(F)F)n1. The number of aryl methyl sites for hydroxylation is 1. The molecule has 1 heterocycles. The van der Waals surface area contributed by atoms with Gasteiger partial charge in [0.2, 0.25) is 0 Å². The van der Waals surface area contributed by atoms with Crippen LogP contribution >= 0.6 is 0 Å². The lowest BCUT2D eigenvalue weighted by Crippen LogP contribution is -2.09. The minimum absolute atomic E-state index is 0.0261. The fourth-order valence-electron chi connectivity index (χ4n) is 1.94. The molecule has 0 bridgehead atoms. The average molecular weight is 284 g/mol. The minimum Gasteiger partial charge on any atom is -0.448 e. The highest BCUT2D eigenvalue weighted by Crippen LogP contribution is 2.32. The first kappa shape index (κ1) is 14.6. The molecule has 0 aliphatic carbocycles. The van der Waals surface area contributed by atoms with Gasteiger partial charge in [0.15, 0.2) is 5.89 Å². The van der Waals surface area contributed by atoms with E-state index >= 15 is 0 Å². The van der Waals surface area contributed by atoms with E-state index in [4.69, 9.17) is 10.2 Å². The summed E-state index contributed by atoms with van der Waals surface area (Å²) in [4.78, 5) is 4.18. The first-order chi connectivity index (χ1) is 9.50. The standard InChI is InChI=1S/C14H15F3N2O/c15-14(16,17)12-6-2-1-4-10(12)8-13-19-11(9-20-13)5-3-7-18/h1-2,4,6,9H,3,5,7-8,18H2. The highest BCUT2D eigenvalue weighted by molar-refractivity contribution is 5.31. The van der Waals surface area contributed by atoms with E-state index in [1.807, 2.05) is 0 Å². The first-order valence-corrected chi connectivity index (χ1v) is 6.29. The molecule has 0 saturated heterocycles. The summed E-state index contributed by atoms with van der Waals surface area (Å²) in [6.07, 6.45) is -1.43. The molecule has 0 aliphatic rings. The zero-order valence-electron chi connectivity index (χ0n) is 10.8. The van der Waals surface area contributed by atoms with Crippen LogP contribution in [-0.4, -0.2) is 11.5 Å². The third-order valence-electron chi connectivity index (χ3n) is 2.90. The summed E-state index contributed by atoms with van der Waals surface area (Å²) in [5.74, 6) is 0.286. The summed E-state index contributed by atoms with van der Waals surface area (Å²) in [7, 11) is 0. The second kappa shape index (κ2) is 6.09. The van der Waals surface area contributed by atoms with Crippen molar-refractivity contribution in [1.29, 1.82) is 0 Å². The Morgan fingerprint density at radius 2 is 1.95 bits per heavy atom. The third kappa shape index (κ3) is 3.60. The Labute approximate surface area is 114 Å². The van der Waals surface area contributed by atoms with Crippen LogP contribution in [0, 0.1) is 0 Å². The molecular weight excluding hydrogens is 269 g/mol. The highest BCUT2D eigenvalue weighted by atomic mass is 19.4. The van der Waals surface area contributed by atoms with Crippen molar-refractivity contribution >= 4 is 0 Å². The van der Waals surface area contributed by atoms with E-state index in [1.165, 1.54) is 18.4 Å². The summed E-state index contributed by atoms with van der Waals surface area (Å²) < 4.78 is 43.8. The van der Waals surface area contributed by atoms with Crippen molar-refractivity contribution < 1.29 is 17.6 Å². The van der Waals surface area contributed by atoms with Crippen molar-refractivity contribution in [2.45, 2.75) is 25.4 Å². The van der Waals surface area contributed by atoms with E-state index in [0.717, 1.165) is 18.2 Å². The van der Waals surface area contributed by atoms with Gasteiger partial charge in [0.25, 0.3) is 0 Å². The molecule has 6 heteroatoms. The van der Waals surface area contributed by atoms with Crippen LogP contribution in [0.25, 0.3) is 0 Å². The van der Waals surface area contributed by atoms with Gasteiger partial charge in [-0.3, -0.25) is 0 Å². The number of aromatic nitrogens is 1. The summed E-state index contributed by atoms with van der Waals surface area (Å²) >= 11 is 0. The number of nitrogens with two attached hydrogens (primary N) is 1. The molecule has 0 atom stereocenters. The quantitative estimate of drug-likeness (QED) is 0.917. The molecule has 2 N–H and O–H groups in total. The van der Waals surface area contributed by atoms with Gasteiger partial charge in [0.05, 0.1) is 11.3 Å². The molecule has 0 spiro atoms. The molecule has 0 fully saturated rings. The van der Waals surface area contributed by atoms with Crippen molar-refractivity contribution in [2.24, 2.45) is 5.73 Å². The van der Waals surface area contributed by atoms with E-state index in [0.29, 0.717) is 13.0 Å². The van der Waals surface area contributed by atoms with Crippen LogP contribution in [0.4, 0.5) is 13.2 Å². The lowest BCUT2D eigenvalue weighted by atomic mass is 10.0. The lowest BCUT2D eigenvalue weighted by Gasteiger charge is -2.10. The van der Waals surface area contributed by atoms with Gasteiger partial charge in [-0.25, -0.2) is 4.98 Å². The van der Waals surface area contributed by atoms with Crippen molar-refractivity contribution in [3.63, 3.8) is 0 Å². The second-order valence-corrected chi connectivity index (χ2v) is 4.46. The molecule has 0 unspecified atom stereocenters. The zero-order chi connectivity index (χ0) is 14.6. The number of oxazole rings is 1. The topological polar surface area (TPSA) is 52.0 Å². The minimum atomic E-state index is -4.37. The largest absolute Gasteiger partial charge is 0.448 e. The van der Waals surface area contributed by atoms with Crippen LogP contribution in [0.1, 0.15) is 29.1 Å². The normalized spacial score (nSPS) is 11.8. The molecule has 20 heavy (non-hydrogen) atoms. The van der Waals surface area contributed by atoms with Crippen LogP contribution in [0.2, 0.25) is 0 Å². The Kier molecular flexibility index (Phi) is 4.44. The van der Waals surface area contributed by atoms with Gasteiger partial charge in [-0.1, -0.05) is 18.2 Å². The molecule has 0 aliphatic heterocycles. The maximum atomic E-state index is 12.9. The van der Waals surface area contributed by atoms with Crippen LogP contribution in [0.5, 0.6) is 0 Å². The van der Waals surface area contributed by atoms with E-state index < -0.39 is 11.7 Å². The fourth-order valence-corrected chi connectivity index (χ4v) is 1.94. The number of hydrogen-bond donors (Lipinski definition) is 1. The number of halogens is 3. The maximum absolute atomic E-state index is 12.9. The summed E-state index contributed by atoms with van der Waals surface area (Å²) in [6.45, 7) is 0.541. The van der Waals surface area contributed by atoms with E-state index in [9.17, 15) is 13.2 Å². The van der Waals surface area contributed by atoms with Gasteiger partial charge in [-0.2, -0.15) is 13.2 Å². The number of rotatable bonds is 5. The predicted molar refractivity (Wildman–Crippen MR) is 68.1 cm³/mol. The summed E-state index contributed by atoms with van der Waals surface area (Å²) in [5, 5.41) is 0. The Bertz CT molecular complexity index is 564. The number of hydrogen-bond acceptors (Lipinski definition) is 3. The molecule has 0 saturated carbocycles. The van der Waals surface area contributed by atoms with Crippen LogP contribution in [-0.2, 0) is 19.0 Å². The van der Waals surface area contributed by atoms with Gasteiger partial charge < -0.3 is 10.2 Å². The zero-order valence-corrected chi connectivity index (χ0v) is 10.8. The fraction of sp³-hybridized carbons (Fsp3) is 0.357. The number of alkyl halides is 3. The van der Waals surface area contributed by atoms with E-state index in [1.54, 1.807) is 6.07 Å². The summed E-state index contributed by atoms with van der Waals surface area (Å²) in [5.41, 5.74) is 5.62. The van der Waals surface area contributed by atoms with Gasteiger partial charge in [-0.05, 0) is 31.0 Å². The van der Waals surface area contributed by atoms with Crippen molar-refractivity contribution in [2.75, 3.05) is 6.54 Å². The van der Waals surface area contributed by atoms with Gasteiger partial charge >= 0.3 is 6.18 Å². The van der Waals surface area contributed by atoms with Crippen LogP contribution in [0.3, 0.4) is 0 Å². The van der Waals surface area contributed by atoms with Gasteiger partial charge in [-0.15, -0.1) is 0 Å². The van der Waals surface area contributed by atoms with Gasteiger partial charge in [0, 0.05) is 6.42 Å². The highest BCUT2D eigenvalue weighted by Gasteiger charge is 2.33. The molecule has 0 radical (unpaired) electrons.